The number of aromatic nitrogens is 3. The Kier molecular flexibility index (Phi) is 2.57. The Morgan fingerprint density at radius 2 is 1.84 bits per heavy atom. The second kappa shape index (κ2) is 4.13. The lowest BCUT2D eigenvalue weighted by Gasteiger charge is -2.10. The van der Waals surface area contributed by atoms with E-state index in [9.17, 15) is 0 Å². The highest BCUT2D eigenvalue weighted by atomic mass is 16.5. The van der Waals surface area contributed by atoms with Gasteiger partial charge >= 0.3 is 0 Å². The standard InChI is InChI=1S/C14H14N4O/c1-14(2,15)13-17-12(18-19-13)11-8-7-9-5-3-4-6-10(9)16-11/h3-8H,15H2,1-2H3. The van der Waals surface area contributed by atoms with Gasteiger partial charge in [0.1, 0.15) is 5.69 Å². The minimum absolute atomic E-state index is 0.400. The molecule has 2 N–H and O–H groups in total. The minimum Gasteiger partial charge on any atom is -0.337 e. The lowest BCUT2D eigenvalue weighted by Crippen LogP contribution is -2.28. The first-order chi connectivity index (χ1) is 9.04. The van der Waals surface area contributed by atoms with Crippen LogP contribution in [0, 0.1) is 0 Å². The van der Waals surface area contributed by atoms with Crippen molar-refractivity contribution in [1.29, 1.82) is 0 Å². The fourth-order valence-corrected chi connectivity index (χ4v) is 1.78. The Balaban J connectivity index is 2.07. The Morgan fingerprint density at radius 3 is 2.58 bits per heavy atom. The normalized spacial score (nSPS) is 11.9. The highest BCUT2D eigenvalue weighted by molar-refractivity contribution is 5.80. The molecule has 5 nitrogen and oxygen atoms in total. The van der Waals surface area contributed by atoms with Crippen molar-refractivity contribution in [2.24, 2.45) is 5.73 Å². The van der Waals surface area contributed by atoms with E-state index in [1.807, 2.05) is 50.2 Å². The zero-order valence-corrected chi connectivity index (χ0v) is 10.8. The van der Waals surface area contributed by atoms with Crippen LogP contribution in [0.2, 0.25) is 0 Å². The van der Waals surface area contributed by atoms with E-state index < -0.39 is 5.54 Å². The largest absolute Gasteiger partial charge is 0.337 e. The van der Waals surface area contributed by atoms with E-state index in [0.717, 1.165) is 10.9 Å². The average molecular weight is 254 g/mol. The van der Waals surface area contributed by atoms with Crippen molar-refractivity contribution in [3.63, 3.8) is 0 Å². The van der Waals surface area contributed by atoms with Crippen LogP contribution in [0.5, 0.6) is 0 Å². The van der Waals surface area contributed by atoms with Crippen LogP contribution >= 0.6 is 0 Å². The van der Waals surface area contributed by atoms with Crippen LogP contribution in [-0.2, 0) is 5.54 Å². The second-order valence-electron chi connectivity index (χ2n) is 5.03. The van der Waals surface area contributed by atoms with Gasteiger partial charge in [0.25, 0.3) is 0 Å². The summed E-state index contributed by atoms with van der Waals surface area (Å²) < 4.78 is 5.17. The van der Waals surface area contributed by atoms with Gasteiger partial charge in [-0.05, 0) is 26.0 Å². The highest BCUT2D eigenvalue weighted by Crippen LogP contribution is 2.21. The van der Waals surface area contributed by atoms with E-state index in [-0.39, 0.29) is 0 Å². The van der Waals surface area contributed by atoms with Crippen LogP contribution in [-0.4, -0.2) is 15.1 Å². The zero-order chi connectivity index (χ0) is 13.5. The first-order valence-corrected chi connectivity index (χ1v) is 6.03. The summed E-state index contributed by atoms with van der Waals surface area (Å²) in [5.74, 6) is 0.858. The molecule has 0 bridgehead atoms. The van der Waals surface area contributed by atoms with Gasteiger partial charge in [0, 0.05) is 5.39 Å². The molecule has 96 valence electrons. The van der Waals surface area contributed by atoms with E-state index in [1.165, 1.54) is 0 Å². The molecule has 3 aromatic rings. The zero-order valence-electron chi connectivity index (χ0n) is 10.8. The molecule has 0 aliphatic heterocycles. The van der Waals surface area contributed by atoms with Crippen LogP contribution in [0.25, 0.3) is 22.4 Å². The van der Waals surface area contributed by atoms with E-state index in [2.05, 4.69) is 15.1 Å². The molecule has 0 saturated heterocycles. The number of para-hydroxylation sites is 1. The molecule has 0 saturated carbocycles. The average Bonchev–Trinajstić information content (AvgIpc) is 2.87. The lowest BCUT2D eigenvalue weighted by molar-refractivity contribution is 0.312. The summed E-state index contributed by atoms with van der Waals surface area (Å²) in [5, 5.41) is 5.01. The lowest BCUT2D eigenvalue weighted by atomic mass is 10.1. The van der Waals surface area contributed by atoms with Crippen LogP contribution in [0.1, 0.15) is 19.7 Å². The molecule has 0 amide bonds. The van der Waals surface area contributed by atoms with Crippen molar-refractivity contribution in [2.45, 2.75) is 19.4 Å². The molecule has 2 heterocycles. The van der Waals surface area contributed by atoms with Crippen molar-refractivity contribution >= 4 is 10.9 Å². The van der Waals surface area contributed by atoms with Gasteiger partial charge in [0.05, 0.1) is 11.1 Å². The van der Waals surface area contributed by atoms with Crippen LogP contribution in [0.15, 0.2) is 40.9 Å². The number of hydrogen-bond acceptors (Lipinski definition) is 5. The highest BCUT2D eigenvalue weighted by Gasteiger charge is 2.23. The van der Waals surface area contributed by atoms with Gasteiger partial charge in [0.2, 0.25) is 11.7 Å². The Hall–Kier alpha value is -2.27. The molecule has 2 aromatic heterocycles. The van der Waals surface area contributed by atoms with Gasteiger partial charge in [-0.2, -0.15) is 4.98 Å². The van der Waals surface area contributed by atoms with E-state index in [1.54, 1.807) is 0 Å². The summed E-state index contributed by atoms with van der Waals surface area (Å²) >= 11 is 0. The maximum Gasteiger partial charge on any atom is 0.246 e. The van der Waals surface area contributed by atoms with Gasteiger partial charge < -0.3 is 10.3 Å². The molecule has 0 unspecified atom stereocenters. The number of fused-ring (bicyclic) bond motifs is 1. The van der Waals surface area contributed by atoms with E-state index >= 15 is 0 Å². The number of nitrogens with zero attached hydrogens (tertiary/aromatic N) is 3. The molecule has 3 rings (SSSR count). The molecular weight excluding hydrogens is 240 g/mol. The van der Waals surface area contributed by atoms with Gasteiger partial charge in [-0.1, -0.05) is 29.4 Å². The summed E-state index contributed by atoms with van der Waals surface area (Å²) in [6, 6.07) is 11.8. The summed E-state index contributed by atoms with van der Waals surface area (Å²) in [6.45, 7) is 3.64. The number of pyridine rings is 1. The summed E-state index contributed by atoms with van der Waals surface area (Å²) in [7, 11) is 0. The third-order valence-electron chi connectivity index (χ3n) is 2.80. The first kappa shape index (κ1) is 11.8. The Morgan fingerprint density at radius 1 is 1.05 bits per heavy atom. The third kappa shape index (κ3) is 2.20. The monoisotopic (exact) mass is 254 g/mol. The summed E-state index contributed by atoms with van der Waals surface area (Å²) in [4.78, 5) is 8.81. The predicted octanol–water partition coefficient (Wildman–Crippen LogP) is 2.48. The number of hydrogen-bond donors (Lipinski definition) is 1. The Labute approximate surface area is 110 Å². The van der Waals surface area contributed by atoms with Crippen molar-refractivity contribution in [3.05, 3.63) is 42.3 Å². The van der Waals surface area contributed by atoms with Crippen LogP contribution in [0.3, 0.4) is 0 Å². The van der Waals surface area contributed by atoms with Crippen molar-refractivity contribution in [3.8, 4) is 11.5 Å². The maximum absolute atomic E-state index is 5.92. The fraction of sp³-hybridized carbons (Fsp3) is 0.214. The SMILES string of the molecule is CC(C)(N)c1nc(-c2ccc3ccccc3n2)no1. The molecule has 19 heavy (non-hydrogen) atoms. The number of benzene rings is 1. The quantitative estimate of drug-likeness (QED) is 0.760. The molecule has 0 aliphatic carbocycles. The third-order valence-corrected chi connectivity index (χ3v) is 2.80. The first-order valence-electron chi connectivity index (χ1n) is 6.03. The van der Waals surface area contributed by atoms with E-state index in [4.69, 9.17) is 10.3 Å². The minimum atomic E-state index is -0.651. The van der Waals surface area contributed by atoms with Crippen LogP contribution in [0.4, 0.5) is 0 Å². The second-order valence-corrected chi connectivity index (χ2v) is 5.03. The van der Waals surface area contributed by atoms with Crippen LogP contribution < -0.4 is 5.73 Å². The van der Waals surface area contributed by atoms with E-state index in [0.29, 0.717) is 17.4 Å². The number of rotatable bonds is 2. The predicted molar refractivity (Wildman–Crippen MR) is 72.2 cm³/mol. The molecule has 0 aliphatic rings. The molecule has 0 spiro atoms. The molecule has 0 fully saturated rings. The summed E-state index contributed by atoms with van der Waals surface area (Å²) in [6.07, 6.45) is 0. The molecule has 0 radical (unpaired) electrons. The van der Waals surface area contributed by atoms with Crippen molar-refractivity contribution < 1.29 is 4.52 Å². The smallest absolute Gasteiger partial charge is 0.246 e. The molecule has 0 atom stereocenters. The molecule has 5 heteroatoms. The van der Waals surface area contributed by atoms with Gasteiger partial charge in [-0.15, -0.1) is 0 Å². The van der Waals surface area contributed by atoms with Gasteiger partial charge in [0.15, 0.2) is 0 Å². The fourth-order valence-electron chi connectivity index (χ4n) is 1.78. The van der Waals surface area contributed by atoms with Crippen molar-refractivity contribution in [2.75, 3.05) is 0 Å². The maximum atomic E-state index is 5.92. The molecular formula is C14H14N4O. The van der Waals surface area contributed by atoms with Crippen molar-refractivity contribution in [1.82, 2.24) is 15.1 Å². The number of nitrogens with two attached hydrogens (primary N) is 1. The van der Waals surface area contributed by atoms with Gasteiger partial charge in [-0.3, -0.25) is 0 Å². The topological polar surface area (TPSA) is 77.8 Å². The Bertz CT molecular complexity index is 727. The molecule has 1 aromatic carbocycles. The summed E-state index contributed by atoms with van der Waals surface area (Å²) in [5.41, 5.74) is 6.85. The van der Waals surface area contributed by atoms with Gasteiger partial charge in [-0.25, -0.2) is 4.98 Å².